The van der Waals surface area contributed by atoms with Gasteiger partial charge in [0.05, 0.1) is 18.0 Å². The van der Waals surface area contributed by atoms with Crippen LogP contribution in [-0.4, -0.2) is 9.97 Å². The van der Waals surface area contributed by atoms with Crippen molar-refractivity contribution in [3.8, 4) is 56.2 Å². The maximum atomic E-state index is 7.61. The smallest absolute Gasteiger partial charge is 0.187 e. The fraction of sp³-hybridized carbons (Fsp3) is 0.133. The van der Waals surface area contributed by atoms with E-state index in [4.69, 9.17) is 16.5 Å². The molecule has 6 aromatic carbocycles. The molecule has 2 aliphatic carbocycles. The zero-order valence-corrected chi connectivity index (χ0v) is 26.7. The van der Waals surface area contributed by atoms with E-state index < -0.39 is 0 Å². The molecule has 0 radical (unpaired) electrons. The van der Waals surface area contributed by atoms with Gasteiger partial charge in [0.25, 0.3) is 0 Å². The molecule has 0 aliphatic heterocycles. The molecule has 1 saturated carbocycles. The predicted molar refractivity (Wildman–Crippen MR) is 197 cm³/mol. The SMILES string of the molecule is [C-]#[N+]c1ccc2c(c1)-c1ccc(-c3ccc(-c4cc(-c5ccc6ccccc6c5)nc(-c5ccccc5)n4)cc3)cc1C21CCCCC1. The summed E-state index contributed by atoms with van der Waals surface area (Å²) in [5.74, 6) is 0.720. The van der Waals surface area contributed by atoms with Crippen molar-refractivity contribution in [2.75, 3.05) is 0 Å². The Morgan fingerprint density at radius 2 is 1.17 bits per heavy atom. The summed E-state index contributed by atoms with van der Waals surface area (Å²) in [4.78, 5) is 13.9. The lowest BCUT2D eigenvalue weighted by Crippen LogP contribution is -2.28. The van der Waals surface area contributed by atoms with Crippen molar-refractivity contribution in [2.45, 2.75) is 37.5 Å². The molecule has 1 spiro atoms. The first-order valence-electron chi connectivity index (χ1n) is 16.9. The van der Waals surface area contributed by atoms with E-state index in [9.17, 15) is 0 Å². The normalized spacial score (nSPS) is 14.4. The molecule has 0 unspecified atom stereocenters. The molecule has 1 aromatic heterocycles. The molecule has 3 nitrogen and oxygen atoms in total. The van der Waals surface area contributed by atoms with Gasteiger partial charge in [0, 0.05) is 22.1 Å². The first-order valence-corrected chi connectivity index (χ1v) is 16.9. The lowest BCUT2D eigenvalue weighted by atomic mass is 9.67. The molecular weight excluding hydrogens is 583 g/mol. The average Bonchev–Trinajstić information content (AvgIpc) is 3.42. The second-order valence-electron chi connectivity index (χ2n) is 13.2. The lowest BCUT2D eigenvalue weighted by Gasteiger charge is -2.36. The number of benzene rings is 6. The number of nitrogens with zero attached hydrogens (tertiary/aromatic N) is 3. The molecule has 0 bridgehead atoms. The maximum Gasteiger partial charge on any atom is 0.187 e. The van der Waals surface area contributed by atoms with Gasteiger partial charge in [-0.25, -0.2) is 14.8 Å². The van der Waals surface area contributed by atoms with Gasteiger partial charge in [-0.15, -0.1) is 0 Å². The summed E-state index contributed by atoms with van der Waals surface area (Å²) in [5.41, 5.74) is 13.5. The molecule has 0 amide bonds. The van der Waals surface area contributed by atoms with Crippen LogP contribution in [0.15, 0.2) is 140 Å². The minimum absolute atomic E-state index is 0.0490. The second-order valence-corrected chi connectivity index (χ2v) is 13.2. The molecule has 0 saturated heterocycles. The number of hydrogen-bond donors (Lipinski definition) is 0. The van der Waals surface area contributed by atoms with Gasteiger partial charge >= 0.3 is 0 Å². The van der Waals surface area contributed by atoms with Crippen molar-refractivity contribution >= 4 is 16.5 Å². The summed E-state index contributed by atoms with van der Waals surface area (Å²) in [7, 11) is 0. The van der Waals surface area contributed by atoms with Crippen LogP contribution in [0, 0.1) is 6.57 Å². The summed E-state index contributed by atoms with van der Waals surface area (Å²) in [6.07, 6.45) is 6.12. The van der Waals surface area contributed by atoms with Crippen LogP contribution >= 0.6 is 0 Å². The number of rotatable bonds is 4. The van der Waals surface area contributed by atoms with Crippen molar-refractivity contribution in [3.63, 3.8) is 0 Å². The van der Waals surface area contributed by atoms with Gasteiger partial charge in [-0.3, -0.25) is 0 Å². The van der Waals surface area contributed by atoms with E-state index in [1.54, 1.807) is 0 Å². The minimum Gasteiger partial charge on any atom is -0.238 e. The molecule has 0 atom stereocenters. The summed E-state index contributed by atoms with van der Waals surface area (Å²) in [5, 5.41) is 2.41. The Kier molecular flexibility index (Phi) is 6.76. The number of fused-ring (bicyclic) bond motifs is 6. The molecular formula is C45H33N3. The van der Waals surface area contributed by atoms with E-state index in [0.29, 0.717) is 0 Å². The molecule has 48 heavy (non-hydrogen) atoms. The van der Waals surface area contributed by atoms with Crippen LogP contribution in [0.4, 0.5) is 5.69 Å². The van der Waals surface area contributed by atoms with Gasteiger partial charge in [-0.2, -0.15) is 0 Å². The topological polar surface area (TPSA) is 30.1 Å². The summed E-state index contributed by atoms with van der Waals surface area (Å²) in [6.45, 7) is 7.61. The minimum atomic E-state index is 0.0490. The monoisotopic (exact) mass is 615 g/mol. The van der Waals surface area contributed by atoms with Crippen molar-refractivity contribution < 1.29 is 0 Å². The van der Waals surface area contributed by atoms with Gasteiger partial charge < -0.3 is 0 Å². The average molecular weight is 616 g/mol. The fourth-order valence-electron chi connectivity index (χ4n) is 8.08. The fourth-order valence-corrected chi connectivity index (χ4v) is 8.08. The quantitative estimate of drug-likeness (QED) is 0.184. The van der Waals surface area contributed by atoms with Crippen LogP contribution in [0.5, 0.6) is 0 Å². The number of aromatic nitrogens is 2. The highest BCUT2D eigenvalue weighted by atomic mass is 14.9. The van der Waals surface area contributed by atoms with E-state index in [1.807, 2.05) is 24.3 Å². The number of hydrogen-bond acceptors (Lipinski definition) is 2. The Bertz CT molecular complexity index is 2380. The Labute approximate surface area is 281 Å². The van der Waals surface area contributed by atoms with Gasteiger partial charge in [0.2, 0.25) is 0 Å². The highest BCUT2D eigenvalue weighted by Crippen LogP contribution is 2.57. The Balaban J connectivity index is 1.11. The summed E-state index contributed by atoms with van der Waals surface area (Å²) < 4.78 is 0. The van der Waals surface area contributed by atoms with Crippen molar-refractivity contribution in [2.24, 2.45) is 0 Å². The van der Waals surface area contributed by atoms with E-state index in [2.05, 4.69) is 120 Å². The van der Waals surface area contributed by atoms with Crippen molar-refractivity contribution in [1.82, 2.24) is 9.97 Å². The van der Waals surface area contributed by atoms with Gasteiger partial charge in [0.1, 0.15) is 0 Å². The van der Waals surface area contributed by atoms with Gasteiger partial charge in [-0.05, 0) is 81.3 Å². The summed E-state index contributed by atoms with van der Waals surface area (Å²) >= 11 is 0. The Morgan fingerprint density at radius 1 is 0.479 bits per heavy atom. The Hall–Kier alpha value is -5.85. The Morgan fingerprint density at radius 3 is 1.96 bits per heavy atom. The van der Waals surface area contributed by atoms with Crippen LogP contribution < -0.4 is 0 Å². The van der Waals surface area contributed by atoms with E-state index in [0.717, 1.165) is 39.6 Å². The maximum absolute atomic E-state index is 7.61. The highest BCUT2D eigenvalue weighted by molar-refractivity contribution is 5.88. The van der Waals surface area contributed by atoms with Gasteiger partial charge in [0.15, 0.2) is 11.5 Å². The van der Waals surface area contributed by atoms with Gasteiger partial charge in [-0.1, -0.05) is 135 Å². The third-order valence-electron chi connectivity index (χ3n) is 10.5. The third kappa shape index (κ3) is 4.72. The van der Waals surface area contributed by atoms with E-state index >= 15 is 0 Å². The van der Waals surface area contributed by atoms with Crippen LogP contribution in [0.3, 0.4) is 0 Å². The zero-order valence-electron chi connectivity index (χ0n) is 26.7. The lowest BCUT2D eigenvalue weighted by molar-refractivity contribution is 0.353. The first-order chi connectivity index (χ1) is 23.7. The molecule has 1 heterocycles. The molecule has 3 heteroatoms. The van der Waals surface area contributed by atoms with Crippen LogP contribution in [0.25, 0.3) is 71.8 Å². The second kappa shape index (κ2) is 11.4. The van der Waals surface area contributed by atoms with Crippen molar-refractivity contribution in [1.29, 1.82) is 0 Å². The molecule has 0 N–H and O–H groups in total. The predicted octanol–water partition coefficient (Wildman–Crippen LogP) is 12.1. The molecule has 228 valence electrons. The van der Waals surface area contributed by atoms with Crippen LogP contribution in [0.1, 0.15) is 43.2 Å². The zero-order chi connectivity index (χ0) is 32.1. The molecule has 1 fully saturated rings. The highest BCUT2D eigenvalue weighted by Gasteiger charge is 2.43. The standard InChI is InChI=1S/C45H33N3/c1-46-37-21-23-40-39(28-37)38-22-20-35(27-41(38)45(40)24-8-3-9-25-45)31-14-17-32(18-15-31)42-29-43(48-44(47-42)33-11-4-2-5-12-33)36-19-16-30-10-6-7-13-34(30)26-36/h2,4-7,10-23,26-29H,3,8-9,24-25H2. The molecule has 9 rings (SSSR count). The first kappa shape index (κ1) is 28.4. The third-order valence-corrected chi connectivity index (χ3v) is 10.5. The molecule has 2 aliphatic rings. The van der Waals surface area contributed by atoms with Crippen LogP contribution in [0.2, 0.25) is 0 Å². The van der Waals surface area contributed by atoms with Crippen LogP contribution in [-0.2, 0) is 5.41 Å². The van der Waals surface area contributed by atoms with E-state index in [1.165, 1.54) is 76.3 Å². The van der Waals surface area contributed by atoms with Crippen molar-refractivity contribution in [3.05, 3.63) is 162 Å². The largest absolute Gasteiger partial charge is 0.238 e. The summed E-state index contributed by atoms with van der Waals surface area (Å²) in [6, 6.07) is 49.5. The van der Waals surface area contributed by atoms with E-state index in [-0.39, 0.29) is 5.41 Å². The molecule has 7 aromatic rings.